The highest BCUT2D eigenvalue weighted by Crippen LogP contribution is 2.23. The highest BCUT2D eigenvalue weighted by Gasteiger charge is 2.08. The SMILES string of the molecule is CNN(/C(N)=C\Cc1cc(Cl)cc(Cl)c1)c1ccc2ccccc2c1. The van der Waals surface area contributed by atoms with Gasteiger partial charge in [0.2, 0.25) is 0 Å². The van der Waals surface area contributed by atoms with Gasteiger partial charge in [0.05, 0.1) is 5.69 Å². The Morgan fingerprint density at radius 2 is 1.68 bits per heavy atom. The summed E-state index contributed by atoms with van der Waals surface area (Å²) in [5.74, 6) is 0.605. The molecule has 0 radical (unpaired) electrons. The molecular weight excluding hydrogens is 353 g/mol. The summed E-state index contributed by atoms with van der Waals surface area (Å²) in [6.07, 6.45) is 2.57. The van der Waals surface area contributed by atoms with E-state index in [1.165, 1.54) is 5.39 Å². The molecule has 0 bridgehead atoms. The number of halogens is 2. The van der Waals surface area contributed by atoms with Crippen LogP contribution in [0.1, 0.15) is 5.56 Å². The van der Waals surface area contributed by atoms with E-state index >= 15 is 0 Å². The highest BCUT2D eigenvalue weighted by atomic mass is 35.5. The predicted molar refractivity (Wildman–Crippen MR) is 108 cm³/mol. The van der Waals surface area contributed by atoms with Crippen LogP contribution in [0.4, 0.5) is 5.69 Å². The van der Waals surface area contributed by atoms with Crippen molar-refractivity contribution in [3.05, 3.63) is 88.2 Å². The van der Waals surface area contributed by atoms with E-state index in [4.69, 9.17) is 28.9 Å². The zero-order chi connectivity index (χ0) is 17.8. The molecule has 3 nitrogen and oxygen atoms in total. The van der Waals surface area contributed by atoms with Gasteiger partial charge in [-0.05, 0) is 59.2 Å². The number of hydrazine groups is 1. The molecule has 0 spiro atoms. The number of hydrogen-bond acceptors (Lipinski definition) is 3. The molecule has 3 rings (SSSR count). The van der Waals surface area contributed by atoms with Crippen LogP contribution in [0.25, 0.3) is 10.8 Å². The first-order valence-electron chi connectivity index (χ1n) is 7.94. The fourth-order valence-corrected chi connectivity index (χ4v) is 3.34. The monoisotopic (exact) mass is 371 g/mol. The Bertz CT molecular complexity index is 901. The Hall–Kier alpha value is -2.20. The number of benzene rings is 3. The number of fused-ring (bicyclic) bond motifs is 1. The minimum Gasteiger partial charge on any atom is -0.384 e. The topological polar surface area (TPSA) is 41.3 Å². The van der Waals surface area contributed by atoms with Gasteiger partial charge in [-0.25, -0.2) is 5.43 Å². The maximum Gasteiger partial charge on any atom is 0.114 e. The first-order valence-corrected chi connectivity index (χ1v) is 8.69. The molecule has 3 N–H and O–H groups in total. The average molecular weight is 372 g/mol. The van der Waals surface area contributed by atoms with Crippen LogP contribution in [0, 0.1) is 0 Å². The molecule has 0 atom stereocenters. The smallest absolute Gasteiger partial charge is 0.114 e. The third-order valence-electron chi connectivity index (χ3n) is 3.94. The minimum atomic E-state index is 0.605. The molecule has 0 fully saturated rings. The van der Waals surface area contributed by atoms with Gasteiger partial charge in [0.15, 0.2) is 0 Å². The second kappa shape index (κ2) is 7.79. The van der Waals surface area contributed by atoms with Crippen LogP contribution in [0.3, 0.4) is 0 Å². The van der Waals surface area contributed by atoms with E-state index in [0.717, 1.165) is 16.6 Å². The zero-order valence-electron chi connectivity index (χ0n) is 13.8. The van der Waals surface area contributed by atoms with Crippen LogP contribution in [-0.2, 0) is 6.42 Å². The summed E-state index contributed by atoms with van der Waals surface area (Å²) in [5.41, 5.74) is 11.4. The van der Waals surface area contributed by atoms with Crippen molar-refractivity contribution in [3.63, 3.8) is 0 Å². The Labute approximate surface area is 157 Å². The quantitative estimate of drug-likeness (QED) is 0.610. The second-order valence-electron chi connectivity index (χ2n) is 5.70. The molecule has 0 amide bonds. The molecular formula is C20H19Cl2N3. The summed E-state index contributed by atoms with van der Waals surface area (Å²) >= 11 is 12.1. The van der Waals surface area contributed by atoms with Gasteiger partial charge < -0.3 is 5.73 Å². The summed E-state index contributed by atoms with van der Waals surface area (Å²) in [6.45, 7) is 0. The van der Waals surface area contributed by atoms with E-state index in [-0.39, 0.29) is 0 Å². The number of hydrogen-bond donors (Lipinski definition) is 2. The molecule has 0 aromatic heterocycles. The van der Waals surface area contributed by atoms with Crippen LogP contribution in [0.15, 0.2) is 72.6 Å². The first kappa shape index (κ1) is 17.6. The average Bonchev–Trinajstić information content (AvgIpc) is 2.60. The van der Waals surface area contributed by atoms with Gasteiger partial charge in [-0.15, -0.1) is 0 Å². The molecule has 3 aromatic carbocycles. The lowest BCUT2D eigenvalue weighted by molar-refractivity contribution is 0.776. The predicted octanol–water partition coefficient (Wildman–Crippen LogP) is 5.13. The van der Waals surface area contributed by atoms with Gasteiger partial charge in [-0.2, -0.15) is 0 Å². The summed E-state index contributed by atoms with van der Waals surface area (Å²) in [5, 5.41) is 5.44. The minimum absolute atomic E-state index is 0.605. The molecule has 0 heterocycles. The second-order valence-corrected chi connectivity index (χ2v) is 6.57. The largest absolute Gasteiger partial charge is 0.384 e. The van der Waals surface area contributed by atoms with Crippen molar-refractivity contribution in [2.24, 2.45) is 5.73 Å². The summed E-state index contributed by atoms with van der Waals surface area (Å²) in [4.78, 5) is 0. The molecule has 0 saturated carbocycles. The van der Waals surface area contributed by atoms with Crippen LogP contribution in [-0.4, -0.2) is 7.05 Å². The van der Waals surface area contributed by atoms with Crippen LogP contribution in [0.2, 0.25) is 10.0 Å². The van der Waals surface area contributed by atoms with Crippen LogP contribution in [0.5, 0.6) is 0 Å². The number of allylic oxidation sites excluding steroid dienone is 1. The highest BCUT2D eigenvalue weighted by molar-refractivity contribution is 6.34. The van der Waals surface area contributed by atoms with Gasteiger partial charge in [0, 0.05) is 17.1 Å². The van der Waals surface area contributed by atoms with Gasteiger partial charge in [-0.3, -0.25) is 5.01 Å². The fourth-order valence-electron chi connectivity index (χ4n) is 2.77. The Morgan fingerprint density at radius 1 is 1.00 bits per heavy atom. The van der Waals surface area contributed by atoms with E-state index < -0.39 is 0 Å². The molecule has 0 aliphatic carbocycles. The zero-order valence-corrected chi connectivity index (χ0v) is 15.4. The molecule has 128 valence electrons. The van der Waals surface area contributed by atoms with Crippen molar-refractivity contribution in [2.45, 2.75) is 6.42 Å². The van der Waals surface area contributed by atoms with E-state index in [9.17, 15) is 0 Å². The van der Waals surface area contributed by atoms with Crippen molar-refractivity contribution in [1.29, 1.82) is 0 Å². The normalized spacial score (nSPS) is 11.7. The van der Waals surface area contributed by atoms with Crippen LogP contribution >= 0.6 is 23.2 Å². The summed E-state index contributed by atoms with van der Waals surface area (Å²) < 4.78 is 0. The lowest BCUT2D eigenvalue weighted by Gasteiger charge is -2.24. The Kier molecular flexibility index (Phi) is 5.49. The third-order valence-corrected chi connectivity index (χ3v) is 4.38. The Morgan fingerprint density at radius 3 is 2.36 bits per heavy atom. The summed E-state index contributed by atoms with van der Waals surface area (Å²) in [6, 6.07) is 19.9. The number of anilines is 1. The van der Waals surface area contributed by atoms with Gasteiger partial charge in [0.1, 0.15) is 5.82 Å². The lowest BCUT2D eigenvalue weighted by Crippen LogP contribution is -2.37. The van der Waals surface area contributed by atoms with Crippen molar-refractivity contribution in [2.75, 3.05) is 12.1 Å². The molecule has 25 heavy (non-hydrogen) atoms. The van der Waals surface area contributed by atoms with Crippen molar-refractivity contribution < 1.29 is 0 Å². The van der Waals surface area contributed by atoms with E-state index in [0.29, 0.717) is 22.3 Å². The standard InChI is InChI=1S/C20H19Cl2N3/c1-24-25(19-8-7-15-4-2-3-5-16(15)12-19)20(23)9-6-14-10-17(21)13-18(22)11-14/h2-5,7-13,24H,6,23H2,1H3/b20-9-. The van der Waals surface area contributed by atoms with Crippen molar-refractivity contribution >= 4 is 39.7 Å². The summed E-state index contributed by atoms with van der Waals surface area (Å²) in [7, 11) is 1.84. The maximum absolute atomic E-state index is 6.29. The fraction of sp³-hybridized carbons (Fsp3) is 0.100. The molecule has 5 heteroatoms. The number of nitrogens with two attached hydrogens (primary N) is 1. The maximum atomic E-state index is 6.29. The number of nitrogens with zero attached hydrogens (tertiary/aromatic N) is 1. The third kappa shape index (κ3) is 4.26. The van der Waals surface area contributed by atoms with E-state index in [1.807, 2.05) is 48.5 Å². The molecule has 0 saturated heterocycles. The Balaban J connectivity index is 1.85. The van der Waals surface area contributed by atoms with Gasteiger partial charge in [0.25, 0.3) is 0 Å². The van der Waals surface area contributed by atoms with E-state index in [1.54, 1.807) is 6.07 Å². The number of rotatable bonds is 5. The van der Waals surface area contributed by atoms with E-state index in [2.05, 4.69) is 29.7 Å². The molecule has 0 unspecified atom stereocenters. The first-order chi connectivity index (χ1) is 12.1. The lowest BCUT2D eigenvalue weighted by atomic mass is 10.1. The molecule has 0 aliphatic rings. The van der Waals surface area contributed by atoms with Crippen LogP contribution < -0.4 is 16.2 Å². The molecule has 0 aliphatic heterocycles. The number of nitrogens with one attached hydrogen (secondary N) is 1. The molecule has 3 aromatic rings. The van der Waals surface area contributed by atoms with Gasteiger partial charge in [-0.1, -0.05) is 53.5 Å². The van der Waals surface area contributed by atoms with Crippen molar-refractivity contribution in [3.8, 4) is 0 Å². The van der Waals surface area contributed by atoms with Gasteiger partial charge >= 0.3 is 0 Å². The van der Waals surface area contributed by atoms with Crippen molar-refractivity contribution in [1.82, 2.24) is 5.43 Å².